The largest absolute Gasteiger partial charge is 0.386 e. The van der Waals surface area contributed by atoms with Crippen molar-refractivity contribution >= 4 is 25.8 Å². The maximum absolute atomic E-state index is 12.8. The molecule has 1 rings (SSSR count). The summed E-state index contributed by atoms with van der Waals surface area (Å²) in [7, 11) is -3.42. The second-order valence-corrected chi connectivity index (χ2v) is 6.94. The lowest BCUT2D eigenvalue weighted by atomic mass is 10.1. The van der Waals surface area contributed by atoms with Crippen LogP contribution in [0.3, 0.4) is 0 Å². The zero-order valence-electron chi connectivity index (χ0n) is 7.89. The number of sulfone groups is 1. The Balaban J connectivity index is 3.00. The van der Waals surface area contributed by atoms with Gasteiger partial charge in [-0.3, -0.25) is 0 Å². The van der Waals surface area contributed by atoms with E-state index in [1.807, 2.05) is 0 Å². The molecule has 2 unspecified atom stereocenters. The van der Waals surface area contributed by atoms with Gasteiger partial charge in [-0.15, -0.1) is 0 Å². The minimum atomic E-state index is -3.42. The molecule has 84 valence electrons. The van der Waals surface area contributed by atoms with Gasteiger partial charge < -0.3 is 5.11 Å². The molecule has 1 aromatic carbocycles. The molecule has 0 radical (unpaired) electrons. The molecule has 0 heterocycles. The number of rotatable bonds is 3. The summed E-state index contributed by atoms with van der Waals surface area (Å²) in [5.41, 5.74) is 0.224. The fraction of sp³-hybridized carbons (Fsp3) is 0.333. The standard InChI is InChI=1S/C9H10BrFO3S/c1-15(13,14)9(10)8(12)6-3-2-4-7(11)5-6/h2-5,8-9,12H,1H3. The first-order valence-corrected chi connectivity index (χ1v) is 6.96. The molecule has 0 saturated carbocycles. The number of aliphatic hydroxyl groups excluding tert-OH is 1. The molecule has 0 aliphatic carbocycles. The zero-order chi connectivity index (χ0) is 11.6. The second kappa shape index (κ2) is 4.59. The molecule has 0 fully saturated rings. The molecule has 0 amide bonds. The van der Waals surface area contributed by atoms with E-state index in [1.54, 1.807) is 0 Å². The number of alkyl halides is 1. The Morgan fingerprint density at radius 3 is 2.53 bits per heavy atom. The third-order valence-electron chi connectivity index (χ3n) is 1.85. The van der Waals surface area contributed by atoms with E-state index < -0.39 is 25.9 Å². The van der Waals surface area contributed by atoms with Crippen LogP contribution in [0.15, 0.2) is 24.3 Å². The Morgan fingerprint density at radius 1 is 1.47 bits per heavy atom. The van der Waals surface area contributed by atoms with E-state index in [4.69, 9.17) is 0 Å². The van der Waals surface area contributed by atoms with Crippen molar-refractivity contribution in [3.8, 4) is 0 Å². The average Bonchev–Trinajstić information content (AvgIpc) is 2.14. The van der Waals surface area contributed by atoms with Gasteiger partial charge in [0.1, 0.15) is 16.1 Å². The summed E-state index contributed by atoms with van der Waals surface area (Å²) >= 11 is 2.86. The number of halogens is 2. The van der Waals surface area contributed by atoms with Crippen LogP contribution in [0.5, 0.6) is 0 Å². The Hall–Kier alpha value is -0.460. The summed E-state index contributed by atoms with van der Waals surface area (Å²) in [5, 5.41) is 9.66. The molecular weight excluding hydrogens is 287 g/mol. The van der Waals surface area contributed by atoms with Crippen LogP contribution in [-0.2, 0) is 9.84 Å². The average molecular weight is 297 g/mol. The van der Waals surface area contributed by atoms with Gasteiger partial charge in [-0.05, 0) is 17.7 Å². The summed E-state index contributed by atoms with van der Waals surface area (Å²) < 4.78 is 33.9. The zero-order valence-corrected chi connectivity index (χ0v) is 10.3. The molecule has 1 N–H and O–H groups in total. The highest BCUT2D eigenvalue weighted by atomic mass is 79.9. The number of hydrogen-bond acceptors (Lipinski definition) is 3. The third-order valence-corrected chi connectivity index (χ3v) is 5.46. The topological polar surface area (TPSA) is 54.4 Å². The van der Waals surface area contributed by atoms with Gasteiger partial charge >= 0.3 is 0 Å². The predicted octanol–water partition coefficient (Wildman–Crippen LogP) is 1.62. The first-order chi connectivity index (χ1) is 6.82. The lowest BCUT2D eigenvalue weighted by Gasteiger charge is -2.15. The second-order valence-electron chi connectivity index (χ2n) is 3.18. The lowest BCUT2D eigenvalue weighted by Crippen LogP contribution is -2.21. The number of aliphatic hydroxyl groups is 1. The highest BCUT2D eigenvalue weighted by molar-refractivity contribution is 9.11. The van der Waals surface area contributed by atoms with Gasteiger partial charge in [-0.1, -0.05) is 28.1 Å². The summed E-state index contributed by atoms with van der Waals surface area (Å²) in [6.07, 6.45) is -0.287. The quantitative estimate of drug-likeness (QED) is 0.863. The van der Waals surface area contributed by atoms with E-state index in [2.05, 4.69) is 15.9 Å². The van der Waals surface area contributed by atoms with Gasteiger partial charge in [0.15, 0.2) is 9.84 Å². The van der Waals surface area contributed by atoms with E-state index >= 15 is 0 Å². The van der Waals surface area contributed by atoms with Crippen LogP contribution in [0.1, 0.15) is 11.7 Å². The van der Waals surface area contributed by atoms with Crippen molar-refractivity contribution in [2.75, 3.05) is 6.26 Å². The fourth-order valence-corrected chi connectivity index (χ4v) is 2.01. The Kier molecular flexibility index (Phi) is 3.86. The molecule has 6 heteroatoms. The van der Waals surface area contributed by atoms with Crippen molar-refractivity contribution in [3.05, 3.63) is 35.6 Å². The molecular formula is C9H10BrFO3S. The van der Waals surface area contributed by atoms with Gasteiger partial charge in [-0.2, -0.15) is 0 Å². The monoisotopic (exact) mass is 296 g/mol. The van der Waals surface area contributed by atoms with Crippen molar-refractivity contribution in [1.29, 1.82) is 0 Å². The maximum atomic E-state index is 12.8. The third kappa shape index (κ3) is 3.25. The van der Waals surface area contributed by atoms with E-state index in [9.17, 15) is 17.9 Å². The Morgan fingerprint density at radius 2 is 2.07 bits per heavy atom. The molecule has 1 aromatic rings. The number of benzene rings is 1. The molecule has 15 heavy (non-hydrogen) atoms. The normalized spacial score (nSPS) is 16.0. The molecule has 2 atom stereocenters. The van der Waals surface area contributed by atoms with Gasteiger partial charge in [0.05, 0.1) is 0 Å². The predicted molar refractivity (Wildman–Crippen MR) is 58.9 cm³/mol. The molecule has 0 saturated heterocycles. The summed E-state index contributed by atoms with van der Waals surface area (Å²) in [5.74, 6) is -0.514. The van der Waals surface area contributed by atoms with Crippen molar-refractivity contribution in [2.24, 2.45) is 0 Å². The summed E-state index contributed by atoms with van der Waals surface area (Å²) in [6.45, 7) is 0. The van der Waals surface area contributed by atoms with Crippen molar-refractivity contribution in [1.82, 2.24) is 0 Å². The van der Waals surface area contributed by atoms with Crippen LogP contribution in [0.4, 0.5) is 4.39 Å². The molecule has 0 aliphatic rings. The maximum Gasteiger partial charge on any atom is 0.163 e. The van der Waals surface area contributed by atoms with Gasteiger partial charge in [0.25, 0.3) is 0 Å². The van der Waals surface area contributed by atoms with Crippen LogP contribution >= 0.6 is 15.9 Å². The Bertz CT molecular complexity index is 446. The minimum Gasteiger partial charge on any atom is -0.386 e. The van der Waals surface area contributed by atoms with Crippen molar-refractivity contribution in [3.63, 3.8) is 0 Å². The fourth-order valence-electron chi connectivity index (χ4n) is 1.08. The first kappa shape index (κ1) is 12.6. The highest BCUT2D eigenvalue weighted by Crippen LogP contribution is 2.26. The van der Waals surface area contributed by atoms with E-state index in [0.29, 0.717) is 0 Å². The molecule has 0 aliphatic heterocycles. The van der Waals surface area contributed by atoms with Crippen LogP contribution in [0.2, 0.25) is 0 Å². The highest BCUT2D eigenvalue weighted by Gasteiger charge is 2.27. The van der Waals surface area contributed by atoms with Crippen LogP contribution in [0.25, 0.3) is 0 Å². The van der Waals surface area contributed by atoms with Crippen LogP contribution in [-0.4, -0.2) is 23.9 Å². The van der Waals surface area contributed by atoms with Gasteiger partial charge in [-0.25, -0.2) is 12.8 Å². The lowest BCUT2D eigenvalue weighted by molar-refractivity contribution is 0.194. The minimum absolute atomic E-state index is 0.224. The smallest absolute Gasteiger partial charge is 0.163 e. The van der Waals surface area contributed by atoms with Gasteiger partial charge in [0.2, 0.25) is 0 Å². The summed E-state index contributed by atoms with van der Waals surface area (Å²) in [4.78, 5) is 0. The van der Waals surface area contributed by atoms with Crippen molar-refractivity contribution in [2.45, 2.75) is 10.3 Å². The first-order valence-electron chi connectivity index (χ1n) is 4.09. The van der Waals surface area contributed by atoms with Crippen molar-refractivity contribution < 1.29 is 17.9 Å². The number of hydrogen-bond donors (Lipinski definition) is 1. The Labute approximate surface area is 96.0 Å². The van der Waals surface area contributed by atoms with E-state index in [0.717, 1.165) is 12.3 Å². The molecule has 0 spiro atoms. The van der Waals surface area contributed by atoms with E-state index in [1.165, 1.54) is 18.2 Å². The van der Waals surface area contributed by atoms with Crippen LogP contribution < -0.4 is 0 Å². The molecule has 0 aromatic heterocycles. The van der Waals surface area contributed by atoms with Gasteiger partial charge in [0, 0.05) is 6.26 Å². The SMILES string of the molecule is CS(=O)(=O)C(Br)C(O)c1cccc(F)c1. The van der Waals surface area contributed by atoms with E-state index in [-0.39, 0.29) is 5.56 Å². The summed E-state index contributed by atoms with van der Waals surface area (Å²) in [6, 6.07) is 5.20. The molecule has 0 bridgehead atoms. The van der Waals surface area contributed by atoms with Crippen LogP contribution in [0, 0.1) is 5.82 Å². The molecule has 3 nitrogen and oxygen atoms in total.